The van der Waals surface area contributed by atoms with Gasteiger partial charge >= 0.3 is 0 Å². The van der Waals surface area contributed by atoms with Crippen LogP contribution in [0, 0.1) is 0 Å². The van der Waals surface area contributed by atoms with Crippen LogP contribution in [0.1, 0.15) is 26.3 Å². The number of nitrogens with zero attached hydrogens (tertiary/aromatic N) is 4. The van der Waals surface area contributed by atoms with Gasteiger partial charge in [-0.15, -0.1) is 0 Å². The summed E-state index contributed by atoms with van der Waals surface area (Å²) < 4.78 is 10.8. The van der Waals surface area contributed by atoms with E-state index in [1.165, 1.54) is 10.9 Å². The predicted octanol–water partition coefficient (Wildman–Crippen LogP) is 10.3. The fourth-order valence-corrected chi connectivity index (χ4v) is 6.16. The molecule has 8 aromatic rings. The molecule has 0 aliphatic carbocycles. The summed E-state index contributed by atoms with van der Waals surface area (Å²) in [6, 6.07) is 45.9. The molecule has 0 fully saturated rings. The van der Waals surface area contributed by atoms with E-state index in [0.717, 1.165) is 61.6 Å². The lowest BCUT2D eigenvalue weighted by atomic mass is 9.88. The Labute approximate surface area is 262 Å². The van der Waals surface area contributed by atoms with E-state index in [1.807, 2.05) is 53.3 Å². The van der Waals surface area contributed by atoms with Gasteiger partial charge < -0.3 is 4.74 Å². The fraction of sp³-hybridized carbons (Fsp3) is 0.100. The summed E-state index contributed by atoms with van der Waals surface area (Å²) in [7, 11) is 0. The summed E-state index contributed by atoms with van der Waals surface area (Å²) in [5.74, 6) is 2.39. The average molecular weight is 585 g/mol. The van der Waals surface area contributed by atoms with Crippen molar-refractivity contribution in [1.29, 1.82) is 0 Å². The highest BCUT2D eigenvalue weighted by molar-refractivity contribution is 6.09. The Kier molecular flexibility index (Phi) is 6.27. The normalized spacial score (nSPS) is 11.9. The molecular formula is C40H32N4O. The molecule has 8 rings (SSSR count). The van der Waals surface area contributed by atoms with Crippen LogP contribution >= 0.6 is 0 Å². The molecule has 0 aliphatic heterocycles. The SMILES string of the molecule is CC(C)(C)c1ccnc(-n2c3ccccc3c3ccc(Oc4cccc(-n5nc(-c6ccccc6)c6ccccc65)c4)cc32)c1. The van der Waals surface area contributed by atoms with Gasteiger partial charge in [0, 0.05) is 40.1 Å². The minimum Gasteiger partial charge on any atom is -0.457 e. The van der Waals surface area contributed by atoms with Crippen LogP contribution < -0.4 is 4.74 Å². The van der Waals surface area contributed by atoms with Crippen LogP contribution in [0.4, 0.5) is 0 Å². The number of rotatable bonds is 5. The first-order valence-electron chi connectivity index (χ1n) is 15.3. The van der Waals surface area contributed by atoms with Crippen molar-refractivity contribution in [2.24, 2.45) is 0 Å². The zero-order valence-electron chi connectivity index (χ0n) is 25.5. The Bertz CT molecular complexity index is 2340. The first kappa shape index (κ1) is 26.9. The summed E-state index contributed by atoms with van der Waals surface area (Å²) in [6.45, 7) is 6.69. The molecule has 45 heavy (non-hydrogen) atoms. The Hall–Kier alpha value is -5.68. The van der Waals surface area contributed by atoms with Crippen molar-refractivity contribution in [3.05, 3.63) is 145 Å². The highest BCUT2D eigenvalue weighted by Gasteiger charge is 2.19. The first-order valence-corrected chi connectivity index (χ1v) is 15.3. The molecule has 0 aliphatic rings. The number of fused-ring (bicyclic) bond motifs is 4. The van der Waals surface area contributed by atoms with Crippen LogP contribution in [0.15, 0.2) is 140 Å². The largest absolute Gasteiger partial charge is 0.457 e. The fourth-order valence-electron chi connectivity index (χ4n) is 6.16. The van der Waals surface area contributed by atoms with Crippen molar-refractivity contribution in [3.8, 4) is 34.3 Å². The number of hydrogen-bond acceptors (Lipinski definition) is 3. The van der Waals surface area contributed by atoms with Crippen molar-refractivity contribution >= 4 is 32.7 Å². The number of hydrogen-bond donors (Lipinski definition) is 0. The third-order valence-electron chi connectivity index (χ3n) is 8.42. The number of pyridine rings is 1. The monoisotopic (exact) mass is 584 g/mol. The number of aromatic nitrogens is 4. The van der Waals surface area contributed by atoms with Gasteiger partial charge in [0.25, 0.3) is 0 Å². The van der Waals surface area contributed by atoms with Gasteiger partial charge in [-0.3, -0.25) is 4.57 Å². The van der Waals surface area contributed by atoms with Crippen LogP contribution in [-0.2, 0) is 5.41 Å². The Morgan fingerprint density at radius 3 is 2.11 bits per heavy atom. The van der Waals surface area contributed by atoms with E-state index in [4.69, 9.17) is 14.8 Å². The summed E-state index contributed by atoms with van der Waals surface area (Å²) >= 11 is 0. The van der Waals surface area contributed by atoms with E-state index in [-0.39, 0.29) is 5.41 Å². The van der Waals surface area contributed by atoms with Crippen LogP contribution in [0.3, 0.4) is 0 Å². The Morgan fingerprint density at radius 2 is 1.29 bits per heavy atom. The Morgan fingerprint density at radius 1 is 0.578 bits per heavy atom. The van der Waals surface area contributed by atoms with Crippen molar-refractivity contribution in [1.82, 2.24) is 19.3 Å². The molecule has 0 N–H and O–H groups in total. The van der Waals surface area contributed by atoms with Crippen molar-refractivity contribution < 1.29 is 4.74 Å². The molecule has 5 aromatic carbocycles. The predicted molar refractivity (Wildman–Crippen MR) is 184 cm³/mol. The highest BCUT2D eigenvalue weighted by Crippen LogP contribution is 2.36. The lowest BCUT2D eigenvalue weighted by Gasteiger charge is -2.20. The molecule has 0 atom stereocenters. The average Bonchev–Trinajstić information content (AvgIpc) is 3.61. The van der Waals surface area contributed by atoms with Crippen molar-refractivity contribution in [3.63, 3.8) is 0 Å². The van der Waals surface area contributed by atoms with Crippen LogP contribution in [0.5, 0.6) is 11.5 Å². The highest BCUT2D eigenvalue weighted by atomic mass is 16.5. The summed E-state index contributed by atoms with van der Waals surface area (Å²) in [5, 5.41) is 8.51. The topological polar surface area (TPSA) is 44.9 Å². The maximum absolute atomic E-state index is 6.54. The number of benzene rings is 5. The number of ether oxygens (including phenoxy) is 1. The van der Waals surface area contributed by atoms with Crippen molar-refractivity contribution in [2.75, 3.05) is 0 Å². The molecule has 0 spiro atoms. The van der Waals surface area contributed by atoms with E-state index in [1.54, 1.807) is 0 Å². The lowest BCUT2D eigenvalue weighted by molar-refractivity contribution is 0.483. The standard InChI is InChI=1S/C40H32N4O/c1-40(2,3)28-22-23-41-38(24-28)43-35-18-9-7-16-32(35)33-21-20-31(26-37(33)43)45-30-15-11-14-29(25-30)44-36-19-10-8-17-34(36)39(42-44)27-12-5-4-6-13-27/h4-26H,1-3H3. The minimum atomic E-state index is 0.0114. The third-order valence-corrected chi connectivity index (χ3v) is 8.42. The second-order valence-electron chi connectivity index (χ2n) is 12.4. The summed E-state index contributed by atoms with van der Waals surface area (Å²) in [5.41, 5.74) is 7.44. The first-order chi connectivity index (χ1) is 21.9. The second kappa shape index (κ2) is 10.5. The maximum Gasteiger partial charge on any atom is 0.137 e. The smallest absolute Gasteiger partial charge is 0.137 e. The van der Waals surface area contributed by atoms with Gasteiger partial charge in [0.05, 0.1) is 22.2 Å². The molecule has 218 valence electrons. The molecule has 5 heteroatoms. The molecule has 0 saturated carbocycles. The van der Waals surface area contributed by atoms with Crippen LogP contribution in [-0.4, -0.2) is 19.3 Å². The zero-order chi connectivity index (χ0) is 30.5. The number of para-hydroxylation sites is 2. The molecule has 0 saturated heterocycles. The summed E-state index contributed by atoms with van der Waals surface area (Å²) in [4.78, 5) is 4.82. The molecule has 0 bridgehead atoms. The molecule has 5 nitrogen and oxygen atoms in total. The van der Waals surface area contributed by atoms with E-state index >= 15 is 0 Å². The van der Waals surface area contributed by atoms with Gasteiger partial charge in [0.2, 0.25) is 0 Å². The summed E-state index contributed by atoms with van der Waals surface area (Å²) in [6.07, 6.45) is 1.91. The molecule has 0 radical (unpaired) electrons. The van der Waals surface area contributed by atoms with E-state index in [9.17, 15) is 0 Å². The third kappa shape index (κ3) is 4.74. The Balaban J connectivity index is 1.21. The van der Waals surface area contributed by atoms with Gasteiger partial charge in [0.1, 0.15) is 23.0 Å². The van der Waals surface area contributed by atoms with E-state index < -0.39 is 0 Å². The van der Waals surface area contributed by atoms with E-state index in [0.29, 0.717) is 0 Å². The van der Waals surface area contributed by atoms with Gasteiger partial charge in [-0.25, -0.2) is 9.67 Å². The molecule has 3 aromatic heterocycles. The van der Waals surface area contributed by atoms with Crippen LogP contribution in [0.2, 0.25) is 0 Å². The zero-order valence-corrected chi connectivity index (χ0v) is 25.5. The van der Waals surface area contributed by atoms with Gasteiger partial charge in [-0.1, -0.05) is 93.6 Å². The lowest BCUT2D eigenvalue weighted by Crippen LogP contribution is -2.12. The van der Waals surface area contributed by atoms with Crippen LogP contribution in [0.25, 0.3) is 55.5 Å². The molecular weight excluding hydrogens is 552 g/mol. The van der Waals surface area contributed by atoms with E-state index in [2.05, 4.69) is 116 Å². The second-order valence-corrected chi connectivity index (χ2v) is 12.4. The maximum atomic E-state index is 6.54. The molecule has 3 heterocycles. The van der Waals surface area contributed by atoms with Gasteiger partial charge in [-0.05, 0) is 59.5 Å². The molecule has 0 amide bonds. The minimum absolute atomic E-state index is 0.0114. The quantitative estimate of drug-likeness (QED) is 0.202. The molecule has 0 unspecified atom stereocenters. The van der Waals surface area contributed by atoms with Gasteiger partial charge in [-0.2, -0.15) is 5.10 Å². The van der Waals surface area contributed by atoms with Crippen molar-refractivity contribution in [2.45, 2.75) is 26.2 Å². The van der Waals surface area contributed by atoms with Gasteiger partial charge in [0.15, 0.2) is 0 Å².